The molecular weight excluding hydrogens is 416 g/mol. The summed E-state index contributed by atoms with van der Waals surface area (Å²) < 4.78 is 11.6. The molecule has 3 aromatic rings. The smallest absolute Gasteiger partial charge is 0.226 e. The Morgan fingerprint density at radius 1 is 1.09 bits per heavy atom. The van der Waals surface area contributed by atoms with Crippen LogP contribution in [-0.4, -0.2) is 55.1 Å². The minimum absolute atomic E-state index is 0.0121. The van der Waals surface area contributed by atoms with Crippen molar-refractivity contribution < 1.29 is 13.9 Å². The highest BCUT2D eigenvalue weighted by Crippen LogP contribution is 2.37. The number of pyridine rings is 1. The van der Waals surface area contributed by atoms with Crippen LogP contribution in [0, 0.1) is 0 Å². The van der Waals surface area contributed by atoms with E-state index in [2.05, 4.69) is 52.1 Å². The number of rotatable bonds is 7. The fourth-order valence-corrected chi connectivity index (χ4v) is 4.89. The molecule has 2 aromatic heterocycles. The van der Waals surface area contributed by atoms with Crippen LogP contribution in [0.15, 0.2) is 47.1 Å². The van der Waals surface area contributed by atoms with Gasteiger partial charge in [0.15, 0.2) is 5.58 Å². The summed E-state index contributed by atoms with van der Waals surface area (Å²) in [6.45, 7) is 9.98. The zero-order valence-corrected chi connectivity index (χ0v) is 19.5. The van der Waals surface area contributed by atoms with Gasteiger partial charge in [-0.05, 0) is 37.6 Å². The highest BCUT2D eigenvalue weighted by atomic mass is 16.5. The van der Waals surface area contributed by atoms with Crippen molar-refractivity contribution in [2.45, 2.75) is 38.5 Å². The molecule has 33 heavy (non-hydrogen) atoms. The number of para-hydroxylation sites is 1. The number of hydrogen-bond acceptors (Lipinski definition) is 6. The van der Waals surface area contributed by atoms with Crippen LogP contribution in [0.2, 0.25) is 0 Å². The van der Waals surface area contributed by atoms with Gasteiger partial charge in [0.05, 0.1) is 18.6 Å². The third-order valence-corrected chi connectivity index (χ3v) is 6.75. The molecule has 0 unspecified atom stereocenters. The first-order valence-corrected chi connectivity index (χ1v) is 11.9. The molecule has 5 rings (SSSR count). The number of hydrogen-bond donors (Lipinski definition) is 1. The summed E-state index contributed by atoms with van der Waals surface area (Å²) in [4.78, 5) is 21.4. The second-order valence-corrected chi connectivity index (χ2v) is 9.65. The van der Waals surface area contributed by atoms with Crippen molar-refractivity contribution in [3.63, 3.8) is 0 Å². The molecule has 1 N–H and O–H groups in total. The van der Waals surface area contributed by atoms with Crippen LogP contribution in [0.25, 0.3) is 11.0 Å². The summed E-state index contributed by atoms with van der Waals surface area (Å²) in [5.74, 6) is 1.22. The number of benzene rings is 1. The molecule has 1 fully saturated rings. The summed E-state index contributed by atoms with van der Waals surface area (Å²) >= 11 is 0. The van der Waals surface area contributed by atoms with E-state index >= 15 is 0 Å². The van der Waals surface area contributed by atoms with E-state index in [1.54, 1.807) is 6.26 Å². The minimum Gasteiger partial charge on any atom is -0.478 e. The first kappa shape index (κ1) is 21.8. The molecule has 1 saturated heterocycles. The Morgan fingerprint density at radius 2 is 1.94 bits per heavy atom. The van der Waals surface area contributed by atoms with Crippen LogP contribution in [0.4, 0.5) is 11.5 Å². The van der Waals surface area contributed by atoms with Crippen molar-refractivity contribution in [2.75, 3.05) is 49.5 Å². The maximum atomic E-state index is 11.9. The van der Waals surface area contributed by atoms with E-state index in [1.165, 1.54) is 5.69 Å². The van der Waals surface area contributed by atoms with Gasteiger partial charge in [-0.1, -0.05) is 26.0 Å². The number of unbranched alkanes of at least 4 members (excludes halogenated alkanes) is 1. The molecule has 0 bridgehead atoms. The lowest BCUT2D eigenvalue weighted by molar-refractivity contribution is -0.117. The number of piperazine rings is 1. The van der Waals surface area contributed by atoms with E-state index in [9.17, 15) is 4.79 Å². The Morgan fingerprint density at radius 3 is 2.79 bits per heavy atom. The monoisotopic (exact) mass is 448 g/mol. The third-order valence-electron chi connectivity index (χ3n) is 6.75. The minimum atomic E-state index is -0.197. The van der Waals surface area contributed by atoms with Gasteiger partial charge in [0.2, 0.25) is 11.8 Å². The summed E-state index contributed by atoms with van der Waals surface area (Å²) in [6, 6.07) is 12.3. The molecule has 1 aromatic carbocycles. The normalized spacial score (nSPS) is 18.2. The fraction of sp³-hybridized carbons (Fsp3) is 0.462. The second kappa shape index (κ2) is 9.06. The van der Waals surface area contributed by atoms with E-state index in [-0.39, 0.29) is 11.3 Å². The molecule has 0 spiro atoms. The lowest BCUT2D eigenvalue weighted by Gasteiger charge is -2.36. The first-order chi connectivity index (χ1) is 16.0. The van der Waals surface area contributed by atoms with Gasteiger partial charge < -0.3 is 19.4 Å². The van der Waals surface area contributed by atoms with Crippen molar-refractivity contribution in [1.82, 2.24) is 9.88 Å². The third kappa shape index (κ3) is 4.69. The van der Waals surface area contributed by atoms with Gasteiger partial charge in [0.25, 0.3) is 0 Å². The first-order valence-electron chi connectivity index (χ1n) is 11.9. The topological polar surface area (TPSA) is 70.8 Å². The number of anilines is 2. The van der Waals surface area contributed by atoms with Gasteiger partial charge in [-0.3, -0.25) is 9.69 Å². The van der Waals surface area contributed by atoms with E-state index in [1.807, 2.05) is 18.2 Å². The number of aromatic nitrogens is 1. The zero-order chi connectivity index (χ0) is 22.8. The zero-order valence-electron chi connectivity index (χ0n) is 19.5. The van der Waals surface area contributed by atoms with Crippen molar-refractivity contribution in [2.24, 2.45) is 0 Å². The van der Waals surface area contributed by atoms with Gasteiger partial charge in [0.1, 0.15) is 5.82 Å². The lowest BCUT2D eigenvalue weighted by Crippen LogP contribution is -2.46. The average molecular weight is 449 g/mol. The molecule has 7 nitrogen and oxygen atoms in total. The fourth-order valence-electron chi connectivity index (χ4n) is 4.89. The molecule has 0 atom stereocenters. The number of nitrogens with zero attached hydrogens (tertiary/aromatic N) is 3. The largest absolute Gasteiger partial charge is 0.478 e. The number of ether oxygens (including phenoxy) is 1. The van der Waals surface area contributed by atoms with E-state index in [4.69, 9.17) is 9.15 Å². The molecule has 0 saturated carbocycles. The quantitative estimate of drug-likeness (QED) is 0.539. The Labute approximate surface area is 194 Å². The molecule has 2 aliphatic heterocycles. The lowest BCUT2D eigenvalue weighted by atomic mass is 9.79. The number of carbonyl (C=O) groups excluding carboxylic acids is 1. The maximum Gasteiger partial charge on any atom is 0.226 e. The van der Waals surface area contributed by atoms with E-state index in [0.717, 1.165) is 62.1 Å². The van der Waals surface area contributed by atoms with Crippen molar-refractivity contribution in [3.8, 4) is 5.88 Å². The Kier molecular flexibility index (Phi) is 5.98. The van der Waals surface area contributed by atoms with Gasteiger partial charge >= 0.3 is 0 Å². The summed E-state index contributed by atoms with van der Waals surface area (Å²) in [7, 11) is 0. The molecule has 4 heterocycles. The number of furan rings is 1. The summed E-state index contributed by atoms with van der Waals surface area (Å²) in [6.07, 6.45) is 4.31. The van der Waals surface area contributed by atoms with Crippen LogP contribution in [0.3, 0.4) is 0 Å². The van der Waals surface area contributed by atoms with Gasteiger partial charge in [0, 0.05) is 55.0 Å². The number of nitrogens with one attached hydrogen (secondary N) is 1. The summed E-state index contributed by atoms with van der Waals surface area (Å²) in [5, 5.41) is 4.04. The van der Waals surface area contributed by atoms with Crippen LogP contribution in [0.5, 0.6) is 5.88 Å². The molecule has 1 amide bonds. The van der Waals surface area contributed by atoms with Crippen LogP contribution >= 0.6 is 0 Å². The Bertz CT molecular complexity index is 1130. The average Bonchev–Trinajstić information content (AvgIpc) is 3.27. The molecule has 7 heteroatoms. The van der Waals surface area contributed by atoms with Crippen LogP contribution in [-0.2, 0) is 10.2 Å². The predicted molar refractivity (Wildman–Crippen MR) is 130 cm³/mol. The highest BCUT2D eigenvalue weighted by molar-refractivity contribution is 5.94. The standard InChI is InChI=1S/C26H32N4O3/c1-26(2)18-22(31)27-25-20(26)8-9-23(28-25)32-16-4-3-11-29-12-14-30(15-13-29)21-7-5-6-19-10-17-33-24(19)21/h5-10,17H,3-4,11-16,18H2,1-2H3,(H,27,28,31). The second-order valence-electron chi connectivity index (χ2n) is 9.65. The van der Waals surface area contributed by atoms with Crippen molar-refractivity contribution in [1.29, 1.82) is 0 Å². The SMILES string of the molecule is CC1(C)CC(=O)Nc2nc(OCCCCN3CCN(c4cccc5ccoc45)CC3)ccc21. The van der Waals surface area contributed by atoms with Gasteiger partial charge in [-0.15, -0.1) is 0 Å². The van der Waals surface area contributed by atoms with Crippen LogP contribution < -0.4 is 15.0 Å². The maximum absolute atomic E-state index is 11.9. The van der Waals surface area contributed by atoms with Gasteiger partial charge in [-0.2, -0.15) is 4.98 Å². The summed E-state index contributed by atoms with van der Waals surface area (Å²) in [5.41, 5.74) is 3.05. The predicted octanol–water partition coefficient (Wildman–Crippen LogP) is 4.43. The molecule has 2 aliphatic rings. The number of fused-ring (bicyclic) bond motifs is 2. The Balaban J connectivity index is 1.05. The van der Waals surface area contributed by atoms with E-state index in [0.29, 0.717) is 24.7 Å². The molecule has 174 valence electrons. The van der Waals surface area contributed by atoms with Gasteiger partial charge in [-0.25, -0.2) is 0 Å². The molecule has 0 radical (unpaired) electrons. The number of carbonyl (C=O) groups is 1. The molecule has 0 aliphatic carbocycles. The molecular formula is C26H32N4O3. The van der Waals surface area contributed by atoms with E-state index < -0.39 is 0 Å². The highest BCUT2D eigenvalue weighted by Gasteiger charge is 2.33. The van der Waals surface area contributed by atoms with Crippen molar-refractivity contribution >= 4 is 28.4 Å². The van der Waals surface area contributed by atoms with Crippen molar-refractivity contribution in [3.05, 3.63) is 48.2 Å². The Hall–Kier alpha value is -3.06. The number of amides is 1. The van der Waals surface area contributed by atoms with Crippen LogP contribution in [0.1, 0.15) is 38.7 Å².